The van der Waals surface area contributed by atoms with Gasteiger partial charge in [0.2, 0.25) is 0 Å². The normalized spacial score (nSPS) is 12.2. The van der Waals surface area contributed by atoms with Crippen LogP contribution in [0.4, 0.5) is 11.4 Å². The number of anilines is 2. The van der Waals surface area contributed by atoms with E-state index in [9.17, 15) is 4.79 Å². The van der Waals surface area contributed by atoms with Crippen molar-refractivity contribution in [2.45, 2.75) is 26.9 Å². The van der Waals surface area contributed by atoms with Crippen LogP contribution in [0.5, 0.6) is 0 Å². The molecule has 0 spiro atoms. The van der Waals surface area contributed by atoms with Gasteiger partial charge in [0, 0.05) is 18.0 Å². The molecule has 4 heteroatoms. The number of ether oxygens (including phenoxy) is 1. The van der Waals surface area contributed by atoms with Gasteiger partial charge in [-0.25, -0.2) is 0 Å². The number of aryl methyl sites for hydroxylation is 1. The summed E-state index contributed by atoms with van der Waals surface area (Å²) >= 11 is 0. The highest BCUT2D eigenvalue weighted by molar-refractivity contribution is 5.94. The van der Waals surface area contributed by atoms with Crippen LogP contribution in [0.25, 0.3) is 0 Å². The molecule has 1 aromatic carbocycles. The smallest absolute Gasteiger partial charge is 0.253 e. The summed E-state index contributed by atoms with van der Waals surface area (Å²) in [6.07, 6.45) is -0.443. The summed E-state index contributed by atoms with van der Waals surface area (Å²) in [5.74, 6) is -0.144. The molecule has 0 aliphatic heterocycles. The Morgan fingerprint density at radius 1 is 1.56 bits per heavy atom. The third kappa shape index (κ3) is 3.24. The molecule has 1 unspecified atom stereocenters. The zero-order valence-corrected chi connectivity index (χ0v) is 9.91. The molecule has 0 aromatic heterocycles. The highest BCUT2D eigenvalue weighted by Crippen LogP contribution is 2.17. The van der Waals surface area contributed by atoms with Crippen LogP contribution in [0.3, 0.4) is 0 Å². The fourth-order valence-electron chi connectivity index (χ4n) is 1.39. The molecule has 0 aliphatic rings. The zero-order chi connectivity index (χ0) is 12.1. The lowest BCUT2D eigenvalue weighted by molar-refractivity contribution is -0.126. The SMILES string of the molecule is CCOC(C)C(=O)Nc1ccc(N)cc1C. The van der Waals surface area contributed by atoms with Gasteiger partial charge >= 0.3 is 0 Å². The second kappa shape index (κ2) is 5.51. The first-order valence-electron chi connectivity index (χ1n) is 5.33. The van der Waals surface area contributed by atoms with Crippen LogP contribution in [0, 0.1) is 6.92 Å². The van der Waals surface area contributed by atoms with Crippen LogP contribution in [-0.2, 0) is 9.53 Å². The molecule has 0 bridgehead atoms. The average Bonchev–Trinajstić information content (AvgIpc) is 2.22. The van der Waals surface area contributed by atoms with E-state index in [0.29, 0.717) is 12.3 Å². The van der Waals surface area contributed by atoms with Crippen molar-refractivity contribution in [1.82, 2.24) is 0 Å². The lowest BCUT2D eigenvalue weighted by Gasteiger charge is -2.13. The van der Waals surface area contributed by atoms with E-state index in [1.165, 1.54) is 0 Å². The summed E-state index contributed by atoms with van der Waals surface area (Å²) in [5.41, 5.74) is 8.03. The van der Waals surface area contributed by atoms with Crippen LogP contribution < -0.4 is 11.1 Å². The lowest BCUT2D eigenvalue weighted by Crippen LogP contribution is -2.27. The molecule has 4 nitrogen and oxygen atoms in total. The summed E-state index contributed by atoms with van der Waals surface area (Å²) in [6, 6.07) is 5.37. The number of carbonyl (C=O) groups excluding carboxylic acids is 1. The number of rotatable bonds is 4. The molecule has 1 amide bonds. The summed E-state index contributed by atoms with van der Waals surface area (Å²) in [7, 11) is 0. The maximum Gasteiger partial charge on any atom is 0.253 e. The van der Waals surface area contributed by atoms with Gasteiger partial charge in [0.05, 0.1) is 0 Å². The van der Waals surface area contributed by atoms with Gasteiger partial charge in [-0.2, -0.15) is 0 Å². The van der Waals surface area contributed by atoms with Crippen molar-refractivity contribution < 1.29 is 9.53 Å². The molecular formula is C12H18N2O2. The van der Waals surface area contributed by atoms with Crippen molar-refractivity contribution >= 4 is 17.3 Å². The van der Waals surface area contributed by atoms with E-state index in [1.807, 2.05) is 19.9 Å². The van der Waals surface area contributed by atoms with Crippen LogP contribution >= 0.6 is 0 Å². The Labute approximate surface area is 95.8 Å². The first kappa shape index (κ1) is 12.5. The van der Waals surface area contributed by atoms with Gasteiger partial charge in [0.25, 0.3) is 5.91 Å². The molecule has 0 aliphatic carbocycles. The monoisotopic (exact) mass is 222 g/mol. The molecule has 1 rings (SSSR count). The standard InChI is InChI=1S/C12H18N2O2/c1-4-16-9(3)12(15)14-11-6-5-10(13)7-8(11)2/h5-7,9H,4,13H2,1-3H3,(H,14,15). The van der Waals surface area contributed by atoms with E-state index in [-0.39, 0.29) is 5.91 Å². The largest absolute Gasteiger partial charge is 0.399 e. The second-order valence-electron chi connectivity index (χ2n) is 3.66. The van der Waals surface area contributed by atoms with Gasteiger partial charge in [-0.15, -0.1) is 0 Å². The van der Waals surface area contributed by atoms with Crippen LogP contribution in [0.2, 0.25) is 0 Å². The Morgan fingerprint density at radius 3 is 2.81 bits per heavy atom. The minimum absolute atomic E-state index is 0.144. The van der Waals surface area contributed by atoms with Gasteiger partial charge in [-0.3, -0.25) is 4.79 Å². The number of nitrogens with one attached hydrogen (secondary N) is 1. The molecule has 0 fully saturated rings. The fourth-order valence-corrected chi connectivity index (χ4v) is 1.39. The number of benzene rings is 1. The molecule has 1 aromatic rings. The second-order valence-corrected chi connectivity index (χ2v) is 3.66. The van der Waals surface area contributed by atoms with Gasteiger partial charge < -0.3 is 15.8 Å². The third-order valence-corrected chi connectivity index (χ3v) is 2.29. The Bertz CT molecular complexity index is 377. The number of nitrogen functional groups attached to an aromatic ring is 1. The minimum atomic E-state index is -0.443. The topological polar surface area (TPSA) is 64.3 Å². The van der Waals surface area contributed by atoms with Crippen molar-refractivity contribution in [2.75, 3.05) is 17.7 Å². The summed E-state index contributed by atoms with van der Waals surface area (Å²) in [4.78, 5) is 11.7. The Morgan fingerprint density at radius 2 is 2.25 bits per heavy atom. The van der Waals surface area contributed by atoms with Gasteiger partial charge in [-0.1, -0.05) is 0 Å². The maximum atomic E-state index is 11.7. The first-order valence-corrected chi connectivity index (χ1v) is 5.33. The van der Waals surface area contributed by atoms with Crippen LogP contribution in [0.1, 0.15) is 19.4 Å². The van der Waals surface area contributed by atoms with E-state index in [0.717, 1.165) is 11.3 Å². The number of carbonyl (C=O) groups is 1. The van der Waals surface area contributed by atoms with Crippen LogP contribution in [-0.4, -0.2) is 18.6 Å². The predicted molar refractivity (Wildman–Crippen MR) is 65.3 cm³/mol. The van der Waals surface area contributed by atoms with Crippen molar-refractivity contribution in [3.63, 3.8) is 0 Å². The minimum Gasteiger partial charge on any atom is -0.399 e. The summed E-state index contributed by atoms with van der Waals surface area (Å²) in [6.45, 7) is 6.01. The molecule has 0 saturated carbocycles. The molecule has 16 heavy (non-hydrogen) atoms. The lowest BCUT2D eigenvalue weighted by atomic mass is 10.1. The number of hydrogen-bond acceptors (Lipinski definition) is 3. The molecule has 0 radical (unpaired) electrons. The molecule has 0 heterocycles. The molecule has 3 N–H and O–H groups in total. The van der Waals surface area contributed by atoms with Gasteiger partial charge in [0.1, 0.15) is 6.10 Å². The fraction of sp³-hybridized carbons (Fsp3) is 0.417. The average molecular weight is 222 g/mol. The van der Waals surface area contributed by atoms with E-state index >= 15 is 0 Å². The molecule has 88 valence electrons. The quantitative estimate of drug-likeness (QED) is 0.765. The van der Waals surface area contributed by atoms with E-state index in [2.05, 4.69) is 5.32 Å². The Kier molecular flexibility index (Phi) is 4.31. The molecule has 1 atom stereocenters. The Hall–Kier alpha value is -1.55. The summed E-state index contributed by atoms with van der Waals surface area (Å²) in [5, 5.41) is 2.80. The van der Waals surface area contributed by atoms with Gasteiger partial charge in [-0.05, 0) is 44.5 Å². The summed E-state index contributed by atoms with van der Waals surface area (Å²) < 4.78 is 5.20. The van der Waals surface area contributed by atoms with E-state index in [1.54, 1.807) is 19.1 Å². The third-order valence-electron chi connectivity index (χ3n) is 2.29. The highest BCUT2D eigenvalue weighted by atomic mass is 16.5. The van der Waals surface area contributed by atoms with Gasteiger partial charge in [0.15, 0.2) is 0 Å². The Balaban J connectivity index is 2.69. The maximum absolute atomic E-state index is 11.7. The number of amides is 1. The van der Waals surface area contributed by atoms with E-state index < -0.39 is 6.10 Å². The van der Waals surface area contributed by atoms with Crippen molar-refractivity contribution in [3.05, 3.63) is 23.8 Å². The molecule has 0 saturated heterocycles. The zero-order valence-electron chi connectivity index (χ0n) is 9.91. The number of hydrogen-bond donors (Lipinski definition) is 2. The van der Waals surface area contributed by atoms with Crippen molar-refractivity contribution in [3.8, 4) is 0 Å². The van der Waals surface area contributed by atoms with Crippen LogP contribution in [0.15, 0.2) is 18.2 Å². The van der Waals surface area contributed by atoms with Crippen molar-refractivity contribution in [2.24, 2.45) is 0 Å². The highest BCUT2D eigenvalue weighted by Gasteiger charge is 2.13. The predicted octanol–water partition coefficient (Wildman–Crippen LogP) is 1.94. The number of nitrogens with two attached hydrogens (primary N) is 1. The van der Waals surface area contributed by atoms with E-state index in [4.69, 9.17) is 10.5 Å². The molecular weight excluding hydrogens is 204 g/mol. The van der Waals surface area contributed by atoms with Crippen molar-refractivity contribution in [1.29, 1.82) is 0 Å². The first-order chi connectivity index (χ1) is 7.54.